The number of aromatic nitrogens is 2. The number of hydrogen-bond donors (Lipinski definition) is 3. The van der Waals surface area contributed by atoms with Crippen LogP contribution in [0, 0.1) is 11.8 Å². The van der Waals surface area contributed by atoms with Crippen LogP contribution in [0.5, 0.6) is 0 Å². The standard InChI is InChI=1S/C13H23N5/c1-8(2)9-5-3-4-6-10(9)16-12-7-11(14)17-13(15)18-12/h7-10H,3-6H2,1-2H3,(H5,14,15,16,17,18). The number of rotatable bonds is 3. The third-order valence-corrected chi connectivity index (χ3v) is 3.77. The summed E-state index contributed by atoms with van der Waals surface area (Å²) < 4.78 is 0. The molecule has 0 radical (unpaired) electrons. The van der Waals surface area contributed by atoms with E-state index in [0.29, 0.717) is 23.7 Å². The van der Waals surface area contributed by atoms with Crippen molar-refractivity contribution < 1.29 is 0 Å². The average Bonchev–Trinajstić information content (AvgIpc) is 2.27. The van der Waals surface area contributed by atoms with Crippen LogP contribution >= 0.6 is 0 Å². The van der Waals surface area contributed by atoms with Crippen LogP contribution < -0.4 is 16.8 Å². The van der Waals surface area contributed by atoms with E-state index in [0.717, 1.165) is 5.82 Å². The Kier molecular flexibility index (Phi) is 3.89. The van der Waals surface area contributed by atoms with Crippen molar-refractivity contribution in [1.82, 2.24) is 9.97 Å². The number of anilines is 3. The van der Waals surface area contributed by atoms with Crippen LogP contribution in [0.3, 0.4) is 0 Å². The van der Waals surface area contributed by atoms with Gasteiger partial charge < -0.3 is 16.8 Å². The molecule has 5 N–H and O–H groups in total. The lowest BCUT2D eigenvalue weighted by Gasteiger charge is -2.35. The fourth-order valence-electron chi connectivity index (χ4n) is 2.89. The van der Waals surface area contributed by atoms with E-state index >= 15 is 0 Å². The molecule has 1 heterocycles. The smallest absolute Gasteiger partial charge is 0.223 e. The molecule has 1 aromatic heterocycles. The van der Waals surface area contributed by atoms with Gasteiger partial charge in [0.2, 0.25) is 5.95 Å². The van der Waals surface area contributed by atoms with Gasteiger partial charge in [-0.25, -0.2) is 0 Å². The van der Waals surface area contributed by atoms with Gasteiger partial charge in [0.15, 0.2) is 0 Å². The molecule has 0 amide bonds. The van der Waals surface area contributed by atoms with E-state index in [-0.39, 0.29) is 5.95 Å². The van der Waals surface area contributed by atoms with Crippen molar-refractivity contribution in [3.8, 4) is 0 Å². The van der Waals surface area contributed by atoms with Crippen LogP contribution in [0.15, 0.2) is 6.07 Å². The predicted molar refractivity (Wildman–Crippen MR) is 75.1 cm³/mol. The zero-order valence-corrected chi connectivity index (χ0v) is 11.2. The highest BCUT2D eigenvalue weighted by Gasteiger charge is 2.27. The summed E-state index contributed by atoms with van der Waals surface area (Å²) in [7, 11) is 0. The van der Waals surface area contributed by atoms with Crippen LogP contribution in [0.25, 0.3) is 0 Å². The van der Waals surface area contributed by atoms with Crippen LogP contribution in [0.2, 0.25) is 0 Å². The molecule has 0 aliphatic heterocycles. The number of nitrogens with two attached hydrogens (primary N) is 2. The van der Waals surface area contributed by atoms with Gasteiger partial charge in [-0.2, -0.15) is 9.97 Å². The van der Waals surface area contributed by atoms with Crippen molar-refractivity contribution in [3.05, 3.63) is 6.07 Å². The maximum atomic E-state index is 5.69. The van der Waals surface area contributed by atoms with Crippen LogP contribution in [0.1, 0.15) is 39.5 Å². The zero-order valence-electron chi connectivity index (χ0n) is 11.2. The summed E-state index contributed by atoms with van der Waals surface area (Å²) in [5.41, 5.74) is 11.3. The minimum Gasteiger partial charge on any atom is -0.383 e. The molecule has 1 fully saturated rings. The third-order valence-electron chi connectivity index (χ3n) is 3.77. The Bertz CT molecular complexity index is 384. The van der Waals surface area contributed by atoms with Crippen molar-refractivity contribution in [3.63, 3.8) is 0 Å². The fraction of sp³-hybridized carbons (Fsp3) is 0.692. The third kappa shape index (κ3) is 3.03. The first-order valence-corrected chi connectivity index (χ1v) is 6.73. The lowest BCUT2D eigenvalue weighted by molar-refractivity contribution is 0.253. The molecule has 5 nitrogen and oxygen atoms in total. The lowest BCUT2D eigenvalue weighted by Crippen LogP contribution is -2.35. The van der Waals surface area contributed by atoms with Crippen molar-refractivity contribution in [2.24, 2.45) is 11.8 Å². The minimum atomic E-state index is 0.231. The average molecular weight is 249 g/mol. The first-order chi connectivity index (χ1) is 8.56. The second kappa shape index (κ2) is 5.42. The number of nitrogen functional groups attached to an aromatic ring is 2. The molecule has 1 saturated carbocycles. The molecule has 2 rings (SSSR count). The molecule has 100 valence electrons. The van der Waals surface area contributed by atoms with Crippen molar-refractivity contribution in [2.45, 2.75) is 45.6 Å². The van der Waals surface area contributed by atoms with Crippen LogP contribution in [-0.4, -0.2) is 16.0 Å². The van der Waals surface area contributed by atoms with Gasteiger partial charge in [0.25, 0.3) is 0 Å². The van der Waals surface area contributed by atoms with Crippen molar-refractivity contribution in [2.75, 3.05) is 16.8 Å². The maximum absolute atomic E-state index is 5.69. The summed E-state index contributed by atoms with van der Waals surface area (Å²) in [6.45, 7) is 4.57. The summed E-state index contributed by atoms with van der Waals surface area (Å²) in [5, 5.41) is 3.48. The van der Waals surface area contributed by atoms with Gasteiger partial charge in [0.1, 0.15) is 11.6 Å². The summed E-state index contributed by atoms with van der Waals surface area (Å²) in [6, 6.07) is 2.22. The van der Waals surface area contributed by atoms with Crippen LogP contribution in [0.4, 0.5) is 17.6 Å². The van der Waals surface area contributed by atoms with Gasteiger partial charge >= 0.3 is 0 Å². The first-order valence-electron chi connectivity index (χ1n) is 6.73. The lowest BCUT2D eigenvalue weighted by atomic mass is 9.78. The molecule has 0 saturated heterocycles. The first kappa shape index (κ1) is 12.9. The molecule has 1 aromatic rings. The number of nitrogens with zero attached hydrogens (tertiary/aromatic N) is 2. The van der Waals surface area contributed by atoms with Crippen LogP contribution in [-0.2, 0) is 0 Å². The molecule has 0 spiro atoms. The highest BCUT2D eigenvalue weighted by molar-refractivity contribution is 5.49. The normalized spacial score (nSPS) is 24.2. The Labute approximate surface area is 108 Å². The minimum absolute atomic E-state index is 0.231. The molecular formula is C13H23N5. The van der Waals surface area contributed by atoms with Gasteiger partial charge in [-0.3, -0.25) is 0 Å². The van der Waals surface area contributed by atoms with E-state index in [1.165, 1.54) is 25.7 Å². The Balaban J connectivity index is 2.10. The molecule has 0 bridgehead atoms. The highest BCUT2D eigenvalue weighted by atomic mass is 15.1. The quantitative estimate of drug-likeness (QED) is 0.764. The van der Waals surface area contributed by atoms with Crippen molar-refractivity contribution in [1.29, 1.82) is 0 Å². The molecule has 2 unspecified atom stereocenters. The molecule has 1 aliphatic carbocycles. The maximum Gasteiger partial charge on any atom is 0.223 e. The van der Waals surface area contributed by atoms with E-state index in [9.17, 15) is 0 Å². The van der Waals surface area contributed by atoms with Crippen molar-refractivity contribution >= 4 is 17.6 Å². The topological polar surface area (TPSA) is 89.8 Å². The van der Waals surface area contributed by atoms with E-state index in [4.69, 9.17) is 11.5 Å². The summed E-state index contributed by atoms with van der Waals surface area (Å²) in [5.74, 6) is 2.77. The largest absolute Gasteiger partial charge is 0.383 e. The summed E-state index contributed by atoms with van der Waals surface area (Å²) in [6.07, 6.45) is 5.07. The number of hydrogen-bond acceptors (Lipinski definition) is 5. The fourth-order valence-corrected chi connectivity index (χ4v) is 2.89. The van der Waals surface area contributed by atoms with E-state index < -0.39 is 0 Å². The number of nitrogens with one attached hydrogen (secondary N) is 1. The Morgan fingerprint density at radius 3 is 2.61 bits per heavy atom. The van der Waals surface area contributed by atoms with E-state index in [2.05, 4.69) is 29.1 Å². The Morgan fingerprint density at radius 2 is 1.94 bits per heavy atom. The monoisotopic (exact) mass is 249 g/mol. The Hall–Kier alpha value is -1.52. The van der Waals surface area contributed by atoms with Gasteiger partial charge in [-0.15, -0.1) is 0 Å². The van der Waals surface area contributed by atoms with E-state index in [1.54, 1.807) is 6.07 Å². The Morgan fingerprint density at radius 1 is 1.22 bits per heavy atom. The molecule has 18 heavy (non-hydrogen) atoms. The molecule has 2 atom stereocenters. The molecule has 0 aromatic carbocycles. The highest BCUT2D eigenvalue weighted by Crippen LogP contribution is 2.32. The second-order valence-corrected chi connectivity index (χ2v) is 5.48. The van der Waals surface area contributed by atoms with Gasteiger partial charge in [-0.05, 0) is 24.7 Å². The van der Waals surface area contributed by atoms with E-state index in [1.807, 2.05) is 0 Å². The molecule has 1 aliphatic rings. The summed E-state index contributed by atoms with van der Waals surface area (Å²) in [4.78, 5) is 8.08. The SMILES string of the molecule is CC(C)C1CCCCC1Nc1cc(N)nc(N)n1. The van der Waals surface area contributed by atoms with Gasteiger partial charge in [-0.1, -0.05) is 26.7 Å². The zero-order chi connectivity index (χ0) is 13.1. The second-order valence-electron chi connectivity index (χ2n) is 5.48. The summed E-state index contributed by atoms with van der Waals surface area (Å²) >= 11 is 0. The van der Waals surface area contributed by atoms with Gasteiger partial charge in [0, 0.05) is 12.1 Å². The molecule has 5 heteroatoms. The van der Waals surface area contributed by atoms with Gasteiger partial charge in [0.05, 0.1) is 0 Å². The molecular weight excluding hydrogens is 226 g/mol. The predicted octanol–water partition coefficient (Wildman–Crippen LogP) is 2.27.